The predicted octanol–water partition coefficient (Wildman–Crippen LogP) is 4.27. The van der Waals surface area contributed by atoms with Gasteiger partial charge >= 0.3 is 0 Å². The van der Waals surface area contributed by atoms with Crippen LogP contribution in [0.4, 0.5) is 0 Å². The Kier molecular flexibility index (Phi) is 7.73. The second-order valence-corrected chi connectivity index (χ2v) is 11.6. The molecule has 0 unspecified atom stereocenters. The van der Waals surface area contributed by atoms with Crippen molar-refractivity contribution in [2.45, 2.75) is 36.7 Å². The molecule has 0 saturated carbocycles. The smallest absolute Gasteiger partial charge is 0.244 e. The fourth-order valence-electron chi connectivity index (χ4n) is 3.12. The summed E-state index contributed by atoms with van der Waals surface area (Å²) in [6, 6.07) is 13.7. The van der Waals surface area contributed by atoms with Crippen LogP contribution >= 0.6 is 23.2 Å². The van der Waals surface area contributed by atoms with Crippen molar-refractivity contribution in [1.82, 2.24) is 9.44 Å². The maximum Gasteiger partial charge on any atom is 0.244 e. The molecule has 0 bridgehead atoms. The second-order valence-electron chi connectivity index (χ2n) is 7.30. The van der Waals surface area contributed by atoms with E-state index in [0.29, 0.717) is 32.3 Å². The van der Waals surface area contributed by atoms with E-state index in [1.165, 1.54) is 6.07 Å². The van der Waals surface area contributed by atoms with E-state index in [4.69, 9.17) is 23.2 Å². The minimum absolute atomic E-state index is 0.0859. The molecule has 0 aliphatic rings. The Morgan fingerprint density at radius 3 is 1.45 bits per heavy atom. The van der Waals surface area contributed by atoms with Crippen LogP contribution in [0.2, 0.25) is 10.0 Å². The van der Waals surface area contributed by atoms with E-state index in [-0.39, 0.29) is 13.1 Å². The van der Waals surface area contributed by atoms with Crippen molar-refractivity contribution >= 4 is 43.2 Å². The van der Waals surface area contributed by atoms with Crippen LogP contribution in [0.3, 0.4) is 0 Å². The van der Waals surface area contributed by atoms with Gasteiger partial charge in [0.1, 0.15) is 9.79 Å². The Morgan fingerprint density at radius 1 is 0.697 bits per heavy atom. The van der Waals surface area contributed by atoms with Gasteiger partial charge in [-0.3, -0.25) is 0 Å². The van der Waals surface area contributed by atoms with E-state index in [2.05, 4.69) is 9.44 Å². The molecule has 3 rings (SSSR count). The number of rotatable bonds is 8. The molecule has 0 spiro atoms. The van der Waals surface area contributed by atoms with Crippen LogP contribution in [-0.4, -0.2) is 21.9 Å². The molecule has 0 aromatic heterocycles. The molecular weight excluding hydrogens is 507 g/mol. The van der Waals surface area contributed by atoms with E-state index in [1.807, 2.05) is 0 Å². The maximum absolute atomic E-state index is 12.8. The summed E-state index contributed by atoms with van der Waals surface area (Å²) >= 11 is 12.1. The SMILES string of the molecule is Cc1c(Cl)cccc1CNS(=O)(=O)c1cccc(S(=O)(=O)NCc2cccc(Cl)c2C)c1O. The highest BCUT2D eigenvalue weighted by molar-refractivity contribution is 7.90. The predicted molar refractivity (Wildman–Crippen MR) is 129 cm³/mol. The normalized spacial score (nSPS) is 12.1. The molecule has 0 saturated heterocycles. The first-order valence-electron chi connectivity index (χ1n) is 9.73. The van der Waals surface area contributed by atoms with E-state index >= 15 is 0 Å². The largest absolute Gasteiger partial charge is 0.505 e. The fourth-order valence-corrected chi connectivity index (χ4v) is 5.82. The number of nitrogens with one attached hydrogen (secondary N) is 2. The Balaban J connectivity index is 1.85. The van der Waals surface area contributed by atoms with Gasteiger partial charge in [-0.2, -0.15) is 0 Å². The summed E-state index contributed by atoms with van der Waals surface area (Å²) in [7, 11) is -8.47. The highest BCUT2D eigenvalue weighted by Gasteiger charge is 2.26. The van der Waals surface area contributed by atoms with Crippen molar-refractivity contribution in [3.05, 3.63) is 86.9 Å². The van der Waals surface area contributed by atoms with Crippen molar-refractivity contribution in [3.63, 3.8) is 0 Å². The summed E-state index contributed by atoms with van der Waals surface area (Å²) in [6.07, 6.45) is 0. The number of benzene rings is 3. The molecule has 7 nitrogen and oxygen atoms in total. The fraction of sp³-hybridized carbons (Fsp3) is 0.182. The molecule has 0 atom stereocenters. The molecule has 11 heteroatoms. The van der Waals surface area contributed by atoms with Gasteiger partial charge in [-0.1, -0.05) is 53.5 Å². The number of sulfonamides is 2. The molecule has 0 heterocycles. The molecule has 176 valence electrons. The van der Waals surface area contributed by atoms with Crippen LogP contribution in [0.15, 0.2) is 64.4 Å². The minimum Gasteiger partial charge on any atom is -0.505 e. The van der Waals surface area contributed by atoms with Gasteiger partial charge in [-0.15, -0.1) is 0 Å². The zero-order valence-corrected chi connectivity index (χ0v) is 20.9. The number of phenolic OH excluding ortho intramolecular Hbond substituents is 1. The zero-order valence-electron chi connectivity index (χ0n) is 17.8. The number of hydrogen-bond acceptors (Lipinski definition) is 5. The number of halogens is 2. The van der Waals surface area contributed by atoms with Crippen molar-refractivity contribution in [1.29, 1.82) is 0 Å². The summed E-state index contributed by atoms with van der Waals surface area (Å²) in [6.45, 7) is 3.34. The first-order valence-corrected chi connectivity index (χ1v) is 13.5. The molecule has 3 N–H and O–H groups in total. The number of aromatic hydroxyl groups is 1. The molecule has 0 radical (unpaired) electrons. The Morgan fingerprint density at radius 2 is 1.06 bits per heavy atom. The summed E-state index contributed by atoms with van der Waals surface area (Å²) < 4.78 is 56.1. The van der Waals surface area contributed by atoms with Crippen LogP contribution in [0.5, 0.6) is 5.75 Å². The number of hydrogen-bond donors (Lipinski definition) is 3. The van der Waals surface area contributed by atoms with Crippen LogP contribution in [0.25, 0.3) is 0 Å². The van der Waals surface area contributed by atoms with Crippen LogP contribution in [0.1, 0.15) is 22.3 Å². The third-order valence-corrected chi connectivity index (χ3v) is 8.89. The van der Waals surface area contributed by atoms with Gasteiger partial charge < -0.3 is 5.11 Å². The van der Waals surface area contributed by atoms with Crippen molar-refractivity contribution in [3.8, 4) is 5.75 Å². The summed E-state index contributed by atoms with van der Waals surface area (Å²) in [5, 5.41) is 11.6. The van der Waals surface area contributed by atoms with Crippen LogP contribution < -0.4 is 9.44 Å². The van der Waals surface area contributed by atoms with Gasteiger partial charge in [0.25, 0.3) is 0 Å². The van der Waals surface area contributed by atoms with E-state index in [0.717, 1.165) is 12.1 Å². The number of para-hydroxylation sites is 1. The maximum atomic E-state index is 12.8. The monoisotopic (exact) mass is 528 g/mol. The van der Waals surface area contributed by atoms with E-state index < -0.39 is 35.6 Å². The molecular formula is C22H22Cl2N2O5S2. The highest BCUT2D eigenvalue weighted by atomic mass is 35.5. The lowest BCUT2D eigenvalue weighted by atomic mass is 10.1. The van der Waals surface area contributed by atoms with Crippen molar-refractivity contribution in [2.75, 3.05) is 0 Å². The minimum atomic E-state index is -4.23. The summed E-state index contributed by atoms with van der Waals surface area (Å²) in [5.41, 5.74) is 2.71. The molecule has 0 amide bonds. The summed E-state index contributed by atoms with van der Waals surface area (Å²) in [4.78, 5) is -1.10. The first-order chi connectivity index (χ1) is 15.4. The van der Waals surface area contributed by atoms with E-state index in [1.54, 1.807) is 50.2 Å². The quantitative estimate of drug-likeness (QED) is 0.404. The third kappa shape index (κ3) is 5.68. The Hall–Kier alpha value is -2.14. The van der Waals surface area contributed by atoms with Crippen molar-refractivity contribution in [2.24, 2.45) is 0 Å². The average Bonchev–Trinajstić information content (AvgIpc) is 2.75. The lowest BCUT2D eigenvalue weighted by Gasteiger charge is -2.14. The van der Waals surface area contributed by atoms with Gasteiger partial charge in [0.2, 0.25) is 20.0 Å². The van der Waals surface area contributed by atoms with Gasteiger partial charge in [-0.25, -0.2) is 26.3 Å². The molecule has 0 fully saturated rings. The van der Waals surface area contributed by atoms with Crippen molar-refractivity contribution < 1.29 is 21.9 Å². The Bertz CT molecular complexity index is 1300. The molecule has 3 aromatic rings. The first kappa shape index (κ1) is 25.5. The van der Waals surface area contributed by atoms with Gasteiger partial charge in [0, 0.05) is 23.1 Å². The molecule has 3 aromatic carbocycles. The molecule has 0 aliphatic carbocycles. The lowest BCUT2D eigenvalue weighted by Crippen LogP contribution is -2.26. The van der Waals surface area contributed by atoms with Gasteiger partial charge in [0.15, 0.2) is 5.75 Å². The topological polar surface area (TPSA) is 113 Å². The molecule has 33 heavy (non-hydrogen) atoms. The zero-order chi connectivity index (χ0) is 24.4. The highest BCUT2D eigenvalue weighted by Crippen LogP contribution is 2.31. The lowest BCUT2D eigenvalue weighted by molar-refractivity contribution is 0.440. The third-order valence-electron chi connectivity index (χ3n) is 5.21. The van der Waals surface area contributed by atoms with E-state index in [9.17, 15) is 21.9 Å². The van der Waals surface area contributed by atoms with Crippen LogP contribution in [0, 0.1) is 13.8 Å². The van der Waals surface area contributed by atoms with Crippen LogP contribution in [-0.2, 0) is 33.1 Å². The molecule has 0 aliphatic heterocycles. The Labute approximate surface area is 203 Å². The van der Waals surface area contributed by atoms with Gasteiger partial charge in [-0.05, 0) is 60.4 Å². The summed E-state index contributed by atoms with van der Waals surface area (Å²) in [5.74, 6) is -0.872. The second kappa shape index (κ2) is 10.0. The van der Waals surface area contributed by atoms with Gasteiger partial charge in [0.05, 0.1) is 0 Å². The average molecular weight is 529 g/mol. The number of phenols is 1. The standard InChI is InChI=1S/C22H22Cl2N2O5S2/c1-14-16(6-3-8-18(14)23)12-25-32(28,29)20-10-5-11-21(22(20)27)33(30,31)26-13-17-7-4-9-19(24)15(17)2/h3-11,25-27H,12-13H2,1-2H3.